The van der Waals surface area contributed by atoms with Crippen LogP contribution in [-0.2, 0) is 7.05 Å². The Morgan fingerprint density at radius 3 is 3.11 bits per heavy atom. The van der Waals surface area contributed by atoms with E-state index < -0.39 is 0 Å². The highest BCUT2D eigenvalue weighted by atomic mass is 16.2. The third kappa shape index (κ3) is 1.49. The van der Waals surface area contributed by atoms with Crippen molar-refractivity contribution in [3.63, 3.8) is 0 Å². The number of rotatable bonds is 1. The van der Waals surface area contributed by atoms with Crippen LogP contribution in [-0.4, -0.2) is 27.0 Å². The zero-order valence-electron chi connectivity index (χ0n) is 9.79. The summed E-state index contributed by atoms with van der Waals surface area (Å²) in [5.41, 5.74) is 2.90. The molecule has 1 atom stereocenters. The van der Waals surface area contributed by atoms with Gasteiger partial charge in [0.2, 0.25) is 0 Å². The Labute approximate surface area is 103 Å². The van der Waals surface area contributed by atoms with Crippen LogP contribution in [0, 0.1) is 11.5 Å². The number of hydrogen-bond donors (Lipinski definition) is 1. The number of nitrogens with zero attached hydrogens (tertiary/aromatic N) is 4. The summed E-state index contributed by atoms with van der Waals surface area (Å²) >= 11 is 0. The van der Waals surface area contributed by atoms with Crippen molar-refractivity contribution in [2.45, 2.75) is 6.04 Å². The Balaban J connectivity index is 1.96. The normalized spacial score (nSPS) is 19.0. The minimum Gasteiger partial charge on any atom is -0.334 e. The first-order valence-electron chi connectivity index (χ1n) is 5.58. The van der Waals surface area contributed by atoms with Gasteiger partial charge >= 0.3 is 6.03 Å². The number of nitrogens with one attached hydrogen (secondary N) is 1. The second-order valence-electron chi connectivity index (χ2n) is 4.32. The summed E-state index contributed by atoms with van der Waals surface area (Å²) in [4.78, 5) is 16.8. The second-order valence-corrected chi connectivity index (χ2v) is 4.32. The van der Waals surface area contributed by atoms with E-state index in [-0.39, 0.29) is 12.1 Å². The third-order valence-corrected chi connectivity index (χ3v) is 3.18. The van der Waals surface area contributed by atoms with Gasteiger partial charge in [0.15, 0.2) is 6.19 Å². The lowest BCUT2D eigenvalue weighted by Gasteiger charge is -2.08. The molecule has 1 aromatic carbocycles. The Hall–Kier alpha value is -2.55. The zero-order valence-corrected chi connectivity index (χ0v) is 9.79. The molecule has 6 heteroatoms. The number of carbonyl (C=O) groups is 1. The van der Waals surface area contributed by atoms with E-state index in [2.05, 4.69) is 10.3 Å². The summed E-state index contributed by atoms with van der Waals surface area (Å²) in [5.74, 6) is 0. The van der Waals surface area contributed by atoms with Crippen LogP contribution in [0.5, 0.6) is 0 Å². The van der Waals surface area contributed by atoms with E-state index in [0.29, 0.717) is 6.54 Å². The number of benzene rings is 1. The molecule has 0 spiro atoms. The van der Waals surface area contributed by atoms with Crippen molar-refractivity contribution in [3.05, 3.63) is 30.1 Å². The number of amides is 2. The zero-order chi connectivity index (χ0) is 12.7. The van der Waals surface area contributed by atoms with Crippen molar-refractivity contribution in [3.8, 4) is 6.19 Å². The highest BCUT2D eigenvalue weighted by molar-refractivity contribution is 5.80. The van der Waals surface area contributed by atoms with E-state index in [1.165, 1.54) is 0 Å². The van der Waals surface area contributed by atoms with Gasteiger partial charge in [0.25, 0.3) is 0 Å². The Kier molecular flexibility index (Phi) is 2.20. The Morgan fingerprint density at radius 1 is 1.56 bits per heavy atom. The van der Waals surface area contributed by atoms with Gasteiger partial charge < -0.3 is 9.88 Å². The first-order chi connectivity index (χ1) is 8.69. The van der Waals surface area contributed by atoms with E-state index in [9.17, 15) is 4.79 Å². The second kappa shape index (κ2) is 3.74. The van der Waals surface area contributed by atoms with Crippen LogP contribution < -0.4 is 5.32 Å². The SMILES string of the molecule is Cn1cnc2cc(C3CN(C#N)C(=O)N3)ccc21. The number of nitriles is 1. The van der Waals surface area contributed by atoms with E-state index in [1.807, 2.05) is 36.0 Å². The minimum atomic E-state index is -0.344. The van der Waals surface area contributed by atoms with Crippen molar-refractivity contribution in [1.29, 1.82) is 5.26 Å². The maximum atomic E-state index is 11.4. The average molecular weight is 241 g/mol. The number of imidazole rings is 1. The highest BCUT2D eigenvalue weighted by Crippen LogP contribution is 2.23. The molecule has 1 aromatic heterocycles. The molecular formula is C12H11N5O. The number of hydrogen-bond acceptors (Lipinski definition) is 3. The molecule has 1 aliphatic heterocycles. The highest BCUT2D eigenvalue weighted by Gasteiger charge is 2.29. The quantitative estimate of drug-likeness (QED) is 0.760. The molecule has 1 saturated heterocycles. The van der Waals surface area contributed by atoms with Gasteiger partial charge in [-0.05, 0) is 17.7 Å². The van der Waals surface area contributed by atoms with Crippen LogP contribution in [0.3, 0.4) is 0 Å². The average Bonchev–Trinajstić information content (AvgIpc) is 2.93. The number of fused-ring (bicyclic) bond motifs is 1. The molecule has 1 N–H and O–H groups in total. The first-order valence-corrected chi connectivity index (χ1v) is 5.58. The van der Waals surface area contributed by atoms with Gasteiger partial charge in [0.1, 0.15) is 0 Å². The molecule has 18 heavy (non-hydrogen) atoms. The predicted octanol–water partition coefficient (Wildman–Crippen LogP) is 1.12. The summed E-state index contributed by atoms with van der Waals surface area (Å²) in [6, 6.07) is 5.38. The summed E-state index contributed by atoms with van der Waals surface area (Å²) in [6.07, 6.45) is 3.61. The number of aryl methyl sites for hydroxylation is 1. The fourth-order valence-electron chi connectivity index (χ4n) is 2.18. The minimum absolute atomic E-state index is 0.149. The predicted molar refractivity (Wildman–Crippen MR) is 64.3 cm³/mol. The lowest BCUT2D eigenvalue weighted by atomic mass is 10.1. The summed E-state index contributed by atoms with van der Waals surface area (Å²) < 4.78 is 1.94. The van der Waals surface area contributed by atoms with E-state index in [4.69, 9.17) is 5.26 Å². The van der Waals surface area contributed by atoms with E-state index in [0.717, 1.165) is 21.5 Å². The van der Waals surface area contributed by atoms with Crippen LogP contribution in [0.15, 0.2) is 24.5 Å². The van der Waals surface area contributed by atoms with Crippen molar-refractivity contribution in [2.24, 2.45) is 7.05 Å². The molecule has 2 heterocycles. The molecular weight excluding hydrogens is 230 g/mol. The van der Waals surface area contributed by atoms with Crippen LogP contribution in [0.4, 0.5) is 4.79 Å². The van der Waals surface area contributed by atoms with Gasteiger partial charge in [-0.15, -0.1) is 0 Å². The molecule has 3 rings (SSSR count). The standard InChI is InChI=1S/C12H11N5O/c1-16-7-14-9-4-8(2-3-11(9)16)10-5-17(6-13)12(18)15-10/h2-4,7,10H,5H2,1H3,(H,15,18). The van der Waals surface area contributed by atoms with Crippen molar-refractivity contribution >= 4 is 17.1 Å². The Morgan fingerprint density at radius 2 is 2.39 bits per heavy atom. The molecule has 0 aliphatic carbocycles. The van der Waals surface area contributed by atoms with Crippen molar-refractivity contribution in [2.75, 3.05) is 6.54 Å². The maximum Gasteiger partial charge on any atom is 0.331 e. The third-order valence-electron chi connectivity index (χ3n) is 3.18. The largest absolute Gasteiger partial charge is 0.334 e. The van der Waals surface area contributed by atoms with Crippen molar-refractivity contribution in [1.82, 2.24) is 19.8 Å². The van der Waals surface area contributed by atoms with Gasteiger partial charge in [-0.3, -0.25) is 0 Å². The van der Waals surface area contributed by atoms with Crippen LogP contribution >= 0.6 is 0 Å². The monoisotopic (exact) mass is 241 g/mol. The van der Waals surface area contributed by atoms with Gasteiger partial charge in [-0.1, -0.05) is 6.07 Å². The van der Waals surface area contributed by atoms with Crippen LogP contribution in [0.2, 0.25) is 0 Å². The number of urea groups is 1. The van der Waals surface area contributed by atoms with Gasteiger partial charge in [-0.2, -0.15) is 5.26 Å². The molecule has 0 radical (unpaired) electrons. The smallest absolute Gasteiger partial charge is 0.331 e. The van der Waals surface area contributed by atoms with Crippen LogP contribution in [0.1, 0.15) is 11.6 Å². The first kappa shape index (κ1) is 10.6. The fraction of sp³-hybridized carbons (Fsp3) is 0.250. The molecule has 6 nitrogen and oxygen atoms in total. The van der Waals surface area contributed by atoms with Crippen LogP contribution in [0.25, 0.3) is 11.0 Å². The molecule has 2 amide bonds. The van der Waals surface area contributed by atoms with E-state index in [1.54, 1.807) is 6.33 Å². The summed E-state index contributed by atoms with van der Waals surface area (Å²) in [6.45, 7) is 0.369. The fourth-order valence-corrected chi connectivity index (χ4v) is 2.18. The Bertz CT molecular complexity index is 669. The lowest BCUT2D eigenvalue weighted by Crippen LogP contribution is -2.23. The topological polar surface area (TPSA) is 74.0 Å². The molecule has 0 saturated carbocycles. The number of carbonyl (C=O) groups excluding carboxylic acids is 1. The van der Waals surface area contributed by atoms with Gasteiger partial charge in [0, 0.05) is 7.05 Å². The molecule has 1 fully saturated rings. The number of aromatic nitrogens is 2. The maximum absolute atomic E-state index is 11.4. The summed E-state index contributed by atoms with van der Waals surface area (Å²) in [5, 5.41) is 11.5. The molecule has 0 bridgehead atoms. The van der Waals surface area contributed by atoms with Crippen molar-refractivity contribution < 1.29 is 4.79 Å². The molecule has 90 valence electrons. The summed E-state index contributed by atoms with van der Waals surface area (Å²) in [7, 11) is 1.93. The van der Waals surface area contributed by atoms with Gasteiger partial charge in [-0.25, -0.2) is 14.7 Å². The van der Waals surface area contributed by atoms with E-state index >= 15 is 0 Å². The lowest BCUT2D eigenvalue weighted by molar-refractivity contribution is 0.232. The van der Waals surface area contributed by atoms with Gasteiger partial charge in [0.05, 0.1) is 29.9 Å². The molecule has 1 aliphatic rings. The molecule has 2 aromatic rings. The molecule has 1 unspecified atom stereocenters.